The lowest BCUT2D eigenvalue weighted by molar-refractivity contribution is 0.102. The molecule has 0 aliphatic heterocycles. The molecule has 38 heavy (non-hydrogen) atoms. The van der Waals surface area contributed by atoms with Crippen LogP contribution in [0.4, 0.5) is 16.2 Å². The molecule has 0 unspecified atom stereocenters. The molecule has 0 aliphatic rings. The Balaban J connectivity index is 1.80. The quantitative estimate of drug-likeness (QED) is 0.367. The van der Waals surface area contributed by atoms with Crippen molar-refractivity contribution in [2.75, 3.05) is 37.8 Å². The standard InChI is InChI=1S/C30H39N5O3/c1-20-24(10-8-11-25(20)32-27(36)21-12-14-23(15-13-21)30(2,3)4)22-18-26(28(37)35(7)19-22)33-29(38)31-16-9-17-34(5)6/h8,10-15,18-19H,9,16-17H2,1-7H3,(H,32,36)(H2,31,33,38). The molecule has 0 radical (unpaired) electrons. The van der Waals surface area contributed by atoms with Crippen LogP contribution in [0.2, 0.25) is 0 Å². The number of urea groups is 1. The topological polar surface area (TPSA) is 95.5 Å². The summed E-state index contributed by atoms with van der Waals surface area (Å²) >= 11 is 0. The summed E-state index contributed by atoms with van der Waals surface area (Å²) in [5, 5.41) is 8.49. The Bertz CT molecular complexity index is 1350. The van der Waals surface area contributed by atoms with E-state index in [2.05, 4.69) is 36.7 Å². The van der Waals surface area contributed by atoms with E-state index in [1.165, 1.54) is 4.57 Å². The van der Waals surface area contributed by atoms with Gasteiger partial charge in [0, 0.05) is 36.6 Å². The Morgan fingerprint density at radius 2 is 1.66 bits per heavy atom. The number of hydrogen-bond donors (Lipinski definition) is 3. The molecule has 1 heterocycles. The average molecular weight is 518 g/mol. The van der Waals surface area contributed by atoms with Crippen LogP contribution in [-0.2, 0) is 12.5 Å². The second kappa shape index (κ2) is 12.1. The molecule has 3 amide bonds. The van der Waals surface area contributed by atoms with Gasteiger partial charge in [-0.2, -0.15) is 0 Å². The van der Waals surface area contributed by atoms with E-state index in [9.17, 15) is 14.4 Å². The summed E-state index contributed by atoms with van der Waals surface area (Å²) in [6, 6.07) is 14.5. The predicted molar refractivity (Wildman–Crippen MR) is 155 cm³/mol. The summed E-state index contributed by atoms with van der Waals surface area (Å²) in [5.41, 5.74) is 4.74. The van der Waals surface area contributed by atoms with Gasteiger partial charge in [0.15, 0.2) is 0 Å². The molecule has 0 saturated carbocycles. The third-order valence-electron chi connectivity index (χ3n) is 6.41. The molecule has 202 valence electrons. The zero-order chi connectivity index (χ0) is 28.0. The Kier molecular flexibility index (Phi) is 9.12. The molecule has 0 saturated heterocycles. The van der Waals surface area contributed by atoms with Crippen molar-refractivity contribution < 1.29 is 9.59 Å². The highest BCUT2D eigenvalue weighted by Gasteiger charge is 2.16. The number of rotatable bonds is 8. The third kappa shape index (κ3) is 7.32. The Morgan fingerprint density at radius 1 is 0.974 bits per heavy atom. The first-order valence-electron chi connectivity index (χ1n) is 12.8. The molecule has 0 atom stereocenters. The fourth-order valence-corrected chi connectivity index (χ4v) is 4.11. The van der Waals surface area contributed by atoms with Gasteiger partial charge < -0.3 is 25.4 Å². The normalized spacial score (nSPS) is 11.4. The van der Waals surface area contributed by atoms with Crippen LogP contribution < -0.4 is 21.5 Å². The summed E-state index contributed by atoms with van der Waals surface area (Å²) in [6.45, 7) is 9.68. The van der Waals surface area contributed by atoms with Crippen molar-refractivity contribution in [1.82, 2.24) is 14.8 Å². The molecule has 2 aromatic carbocycles. The Labute approximate surface area is 225 Å². The summed E-state index contributed by atoms with van der Waals surface area (Å²) < 4.78 is 1.44. The molecule has 0 aliphatic carbocycles. The van der Waals surface area contributed by atoms with Gasteiger partial charge in [0.1, 0.15) is 5.69 Å². The number of carbonyl (C=O) groups excluding carboxylic acids is 2. The number of nitrogens with zero attached hydrogens (tertiary/aromatic N) is 2. The van der Waals surface area contributed by atoms with E-state index in [1.807, 2.05) is 68.4 Å². The molecule has 3 aromatic rings. The molecule has 0 fully saturated rings. The number of aryl methyl sites for hydroxylation is 1. The molecule has 8 heteroatoms. The van der Waals surface area contributed by atoms with Crippen LogP contribution in [-0.4, -0.2) is 48.6 Å². The van der Waals surface area contributed by atoms with Crippen molar-refractivity contribution in [3.63, 3.8) is 0 Å². The summed E-state index contributed by atoms with van der Waals surface area (Å²) in [6.07, 6.45) is 2.53. The zero-order valence-corrected chi connectivity index (χ0v) is 23.4. The molecule has 3 N–H and O–H groups in total. The average Bonchev–Trinajstić information content (AvgIpc) is 2.85. The molecule has 0 spiro atoms. The number of amides is 3. The van der Waals surface area contributed by atoms with Crippen molar-refractivity contribution in [2.45, 2.75) is 39.5 Å². The van der Waals surface area contributed by atoms with Crippen molar-refractivity contribution >= 4 is 23.3 Å². The van der Waals surface area contributed by atoms with E-state index in [4.69, 9.17) is 0 Å². The fourth-order valence-electron chi connectivity index (χ4n) is 4.11. The minimum atomic E-state index is -0.423. The lowest BCUT2D eigenvalue weighted by Gasteiger charge is -2.19. The Hall–Kier alpha value is -3.91. The van der Waals surface area contributed by atoms with Gasteiger partial charge in [0.05, 0.1) is 0 Å². The van der Waals surface area contributed by atoms with E-state index in [0.29, 0.717) is 17.8 Å². The Morgan fingerprint density at radius 3 is 2.29 bits per heavy atom. The van der Waals surface area contributed by atoms with Crippen molar-refractivity contribution in [3.05, 3.63) is 81.8 Å². The molecule has 1 aromatic heterocycles. The van der Waals surface area contributed by atoms with Crippen LogP contribution in [0.1, 0.15) is 48.7 Å². The van der Waals surface area contributed by atoms with E-state index in [0.717, 1.165) is 35.2 Å². The minimum Gasteiger partial charge on any atom is -0.338 e. The molecular formula is C30H39N5O3. The van der Waals surface area contributed by atoms with Gasteiger partial charge in [-0.1, -0.05) is 45.0 Å². The lowest BCUT2D eigenvalue weighted by atomic mass is 9.86. The van der Waals surface area contributed by atoms with Crippen molar-refractivity contribution in [2.24, 2.45) is 7.05 Å². The maximum atomic E-state index is 13.0. The monoisotopic (exact) mass is 517 g/mol. The highest BCUT2D eigenvalue weighted by Crippen LogP contribution is 2.30. The number of benzene rings is 2. The summed E-state index contributed by atoms with van der Waals surface area (Å²) in [5.74, 6) is -0.195. The third-order valence-corrected chi connectivity index (χ3v) is 6.41. The number of hydrogen-bond acceptors (Lipinski definition) is 4. The van der Waals surface area contributed by atoms with Crippen LogP contribution in [0, 0.1) is 6.92 Å². The van der Waals surface area contributed by atoms with Gasteiger partial charge in [-0.05, 0) is 80.4 Å². The first kappa shape index (κ1) is 28.7. The number of pyridine rings is 1. The molecule has 0 bridgehead atoms. The lowest BCUT2D eigenvalue weighted by Crippen LogP contribution is -2.33. The number of carbonyl (C=O) groups is 2. The van der Waals surface area contributed by atoms with E-state index in [1.54, 1.807) is 19.3 Å². The maximum absolute atomic E-state index is 13.0. The van der Waals surface area contributed by atoms with Crippen LogP contribution >= 0.6 is 0 Å². The van der Waals surface area contributed by atoms with Gasteiger partial charge in [-0.3, -0.25) is 9.59 Å². The van der Waals surface area contributed by atoms with Gasteiger partial charge >= 0.3 is 6.03 Å². The van der Waals surface area contributed by atoms with Gasteiger partial charge in [0.2, 0.25) is 0 Å². The highest BCUT2D eigenvalue weighted by atomic mass is 16.2. The SMILES string of the molecule is Cc1c(NC(=O)c2ccc(C(C)(C)C)cc2)cccc1-c1cc(NC(=O)NCCCN(C)C)c(=O)n(C)c1. The summed E-state index contributed by atoms with van der Waals surface area (Å²) in [7, 11) is 5.60. The first-order valence-corrected chi connectivity index (χ1v) is 12.8. The molecule has 3 rings (SSSR count). The van der Waals surface area contributed by atoms with Crippen LogP contribution in [0.3, 0.4) is 0 Å². The van der Waals surface area contributed by atoms with E-state index < -0.39 is 6.03 Å². The van der Waals surface area contributed by atoms with Crippen molar-refractivity contribution in [1.29, 1.82) is 0 Å². The molecule has 8 nitrogen and oxygen atoms in total. The van der Waals surface area contributed by atoms with Crippen LogP contribution in [0.25, 0.3) is 11.1 Å². The maximum Gasteiger partial charge on any atom is 0.319 e. The number of nitrogens with one attached hydrogen (secondary N) is 3. The van der Waals surface area contributed by atoms with E-state index >= 15 is 0 Å². The highest BCUT2D eigenvalue weighted by molar-refractivity contribution is 6.05. The number of aromatic nitrogens is 1. The van der Waals surface area contributed by atoms with Gasteiger partial charge in [-0.25, -0.2) is 4.79 Å². The number of anilines is 2. The van der Waals surface area contributed by atoms with Gasteiger partial charge in [-0.15, -0.1) is 0 Å². The predicted octanol–water partition coefficient (Wildman–Crippen LogP) is 4.98. The minimum absolute atomic E-state index is 0.0101. The van der Waals surface area contributed by atoms with Crippen LogP contribution in [0.5, 0.6) is 0 Å². The van der Waals surface area contributed by atoms with Crippen LogP contribution in [0.15, 0.2) is 59.5 Å². The second-order valence-corrected chi connectivity index (χ2v) is 10.9. The summed E-state index contributed by atoms with van der Waals surface area (Å²) in [4.78, 5) is 40.1. The fraction of sp³-hybridized carbons (Fsp3) is 0.367. The zero-order valence-electron chi connectivity index (χ0n) is 23.4. The smallest absolute Gasteiger partial charge is 0.319 e. The second-order valence-electron chi connectivity index (χ2n) is 10.9. The largest absolute Gasteiger partial charge is 0.338 e. The van der Waals surface area contributed by atoms with Crippen molar-refractivity contribution in [3.8, 4) is 11.1 Å². The van der Waals surface area contributed by atoms with E-state index in [-0.39, 0.29) is 22.6 Å². The molecular weight excluding hydrogens is 478 g/mol. The van der Waals surface area contributed by atoms with Gasteiger partial charge in [0.25, 0.3) is 11.5 Å². The first-order chi connectivity index (χ1) is 17.9.